The number of carboxylic acid groups (broad SMARTS) is 1. The van der Waals surface area contributed by atoms with Crippen molar-refractivity contribution in [1.29, 1.82) is 0 Å². The van der Waals surface area contributed by atoms with Crippen molar-refractivity contribution in [3.8, 4) is 0 Å². The lowest BCUT2D eigenvalue weighted by Gasteiger charge is -2.08. The fraction of sp³-hybridized carbons (Fsp3) is 0.167. The van der Waals surface area contributed by atoms with Crippen LogP contribution >= 0.6 is 0 Å². The van der Waals surface area contributed by atoms with Crippen LogP contribution < -0.4 is 5.32 Å². The summed E-state index contributed by atoms with van der Waals surface area (Å²) in [6.45, 7) is 1.39. The number of carboxylic acids is 1. The molecule has 0 atom stereocenters. The Kier molecular flexibility index (Phi) is 3.16. The number of carbonyl (C=O) groups is 2. The lowest BCUT2D eigenvalue weighted by atomic mass is 10.1. The van der Waals surface area contributed by atoms with Crippen molar-refractivity contribution >= 4 is 28.5 Å². The second kappa shape index (κ2) is 4.55. The largest absolute Gasteiger partial charge is 0.475 e. The SMILES string of the molecule is Cc1c(C(=O)O)oc2cccc(NC(=O)C(F)(F)F)c12. The second-order valence-corrected chi connectivity index (χ2v) is 3.99. The van der Waals surface area contributed by atoms with Crippen molar-refractivity contribution in [3.63, 3.8) is 0 Å². The smallest absolute Gasteiger partial charge is 0.471 e. The molecule has 20 heavy (non-hydrogen) atoms. The molecule has 0 aliphatic carbocycles. The Balaban J connectivity index is 2.55. The highest BCUT2D eigenvalue weighted by molar-refractivity contribution is 6.06. The lowest BCUT2D eigenvalue weighted by molar-refractivity contribution is -0.167. The first kappa shape index (κ1) is 13.9. The van der Waals surface area contributed by atoms with Gasteiger partial charge < -0.3 is 14.8 Å². The van der Waals surface area contributed by atoms with E-state index in [1.54, 1.807) is 5.32 Å². The number of aromatic carboxylic acids is 1. The number of carbonyl (C=O) groups excluding carboxylic acids is 1. The van der Waals surface area contributed by atoms with Crippen molar-refractivity contribution < 1.29 is 32.3 Å². The van der Waals surface area contributed by atoms with E-state index in [9.17, 15) is 22.8 Å². The van der Waals surface area contributed by atoms with Crippen molar-refractivity contribution in [3.05, 3.63) is 29.5 Å². The highest BCUT2D eigenvalue weighted by Crippen LogP contribution is 2.32. The van der Waals surface area contributed by atoms with Crippen molar-refractivity contribution in [2.45, 2.75) is 13.1 Å². The molecular weight excluding hydrogens is 279 g/mol. The average Bonchev–Trinajstić information content (AvgIpc) is 2.67. The Bertz CT molecular complexity index is 703. The highest BCUT2D eigenvalue weighted by Gasteiger charge is 2.39. The predicted octanol–water partition coefficient (Wildman–Crippen LogP) is 2.94. The molecule has 1 aromatic carbocycles. The first-order valence-electron chi connectivity index (χ1n) is 5.35. The van der Waals surface area contributed by atoms with E-state index in [1.807, 2.05) is 0 Å². The fourth-order valence-corrected chi connectivity index (χ4v) is 1.80. The second-order valence-electron chi connectivity index (χ2n) is 3.99. The van der Waals surface area contributed by atoms with E-state index in [2.05, 4.69) is 0 Å². The van der Waals surface area contributed by atoms with Crippen LogP contribution in [-0.2, 0) is 4.79 Å². The van der Waals surface area contributed by atoms with E-state index in [-0.39, 0.29) is 28.0 Å². The fourth-order valence-electron chi connectivity index (χ4n) is 1.80. The van der Waals surface area contributed by atoms with Crippen LogP contribution in [0.4, 0.5) is 18.9 Å². The molecule has 0 saturated heterocycles. The minimum Gasteiger partial charge on any atom is -0.475 e. The number of halogens is 3. The molecule has 0 fully saturated rings. The van der Waals surface area contributed by atoms with Gasteiger partial charge in [0.15, 0.2) is 0 Å². The third kappa shape index (κ3) is 2.31. The number of alkyl halides is 3. The summed E-state index contributed by atoms with van der Waals surface area (Å²) in [5, 5.41) is 10.7. The topological polar surface area (TPSA) is 79.5 Å². The molecule has 1 amide bonds. The maximum absolute atomic E-state index is 12.2. The van der Waals surface area contributed by atoms with Crippen LogP contribution in [0.1, 0.15) is 16.1 Å². The van der Waals surface area contributed by atoms with Crippen LogP contribution in [0.5, 0.6) is 0 Å². The van der Waals surface area contributed by atoms with Gasteiger partial charge in [-0.05, 0) is 19.1 Å². The normalized spacial score (nSPS) is 11.6. The van der Waals surface area contributed by atoms with E-state index in [0.717, 1.165) is 0 Å². The summed E-state index contributed by atoms with van der Waals surface area (Å²) in [4.78, 5) is 21.9. The first-order chi connectivity index (χ1) is 9.21. The van der Waals surface area contributed by atoms with Gasteiger partial charge in [-0.15, -0.1) is 0 Å². The van der Waals surface area contributed by atoms with Gasteiger partial charge in [-0.1, -0.05) is 6.07 Å². The monoisotopic (exact) mass is 287 g/mol. The van der Waals surface area contributed by atoms with E-state index in [1.165, 1.54) is 25.1 Å². The standard InChI is InChI=1S/C12H8F3NO4/c1-5-8-6(16-11(19)12(13,14)15)3-2-4-7(8)20-9(5)10(17)18/h2-4H,1H3,(H,16,19)(H,17,18). The number of hydrogen-bond acceptors (Lipinski definition) is 3. The summed E-state index contributed by atoms with van der Waals surface area (Å²) in [5.41, 5.74) is 0.0732. The number of anilines is 1. The summed E-state index contributed by atoms with van der Waals surface area (Å²) in [7, 11) is 0. The van der Waals surface area contributed by atoms with Gasteiger partial charge in [0, 0.05) is 10.9 Å². The van der Waals surface area contributed by atoms with Gasteiger partial charge in [0.2, 0.25) is 5.76 Å². The molecule has 2 aromatic rings. The van der Waals surface area contributed by atoms with Gasteiger partial charge in [-0.3, -0.25) is 4.79 Å². The van der Waals surface area contributed by atoms with Crippen LogP contribution in [0.2, 0.25) is 0 Å². The molecule has 2 rings (SSSR count). The molecule has 0 aliphatic rings. The summed E-state index contributed by atoms with van der Waals surface area (Å²) >= 11 is 0. The molecule has 0 aliphatic heterocycles. The molecule has 0 unspecified atom stereocenters. The van der Waals surface area contributed by atoms with Crippen LogP contribution in [0.15, 0.2) is 22.6 Å². The van der Waals surface area contributed by atoms with E-state index in [4.69, 9.17) is 9.52 Å². The Labute approximate surface area is 110 Å². The van der Waals surface area contributed by atoms with E-state index < -0.39 is 18.1 Å². The zero-order valence-corrected chi connectivity index (χ0v) is 10.0. The summed E-state index contributed by atoms with van der Waals surface area (Å²) < 4.78 is 41.8. The Hall–Kier alpha value is -2.51. The maximum atomic E-state index is 12.2. The number of furan rings is 1. The predicted molar refractivity (Wildman–Crippen MR) is 62.6 cm³/mol. The molecule has 8 heteroatoms. The Morgan fingerprint density at radius 2 is 1.95 bits per heavy atom. The molecule has 0 saturated carbocycles. The number of rotatable bonds is 2. The zero-order valence-electron chi connectivity index (χ0n) is 10.0. The molecule has 1 heterocycles. The Morgan fingerprint density at radius 3 is 2.50 bits per heavy atom. The molecule has 0 spiro atoms. The van der Waals surface area contributed by atoms with Crippen LogP contribution in [0.3, 0.4) is 0 Å². The number of nitrogens with one attached hydrogen (secondary N) is 1. The minimum absolute atomic E-state index is 0.0832. The number of benzene rings is 1. The van der Waals surface area contributed by atoms with Crippen LogP contribution in [-0.4, -0.2) is 23.2 Å². The number of amides is 1. The lowest BCUT2D eigenvalue weighted by Crippen LogP contribution is -2.30. The first-order valence-corrected chi connectivity index (χ1v) is 5.35. The summed E-state index contributed by atoms with van der Waals surface area (Å²) in [6.07, 6.45) is -5.03. The number of fused-ring (bicyclic) bond motifs is 1. The van der Waals surface area contributed by atoms with E-state index >= 15 is 0 Å². The quantitative estimate of drug-likeness (QED) is 0.890. The average molecular weight is 287 g/mol. The van der Waals surface area contributed by atoms with Gasteiger partial charge in [0.25, 0.3) is 0 Å². The highest BCUT2D eigenvalue weighted by atomic mass is 19.4. The molecule has 5 nitrogen and oxygen atoms in total. The molecule has 2 N–H and O–H groups in total. The summed E-state index contributed by atoms with van der Waals surface area (Å²) in [5.74, 6) is -3.86. The van der Waals surface area contributed by atoms with Crippen molar-refractivity contribution in [2.24, 2.45) is 0 Å². The van der Waals surface area contributed by atoms with Crippen LogP contribution in [0, 0.1) is 6.92 Å². The molecule has 0 bridgehead atoms. The third-order valence-corrected chi connectivity index (χ3v) is 2.65. The minimum atomic E-state index is -5.03. The van der Waals surface area contributed by atoms with Gasteiger partial charge in [0.1, 0.15) is 5.58 Å². The summed E-state index contributed by atoms with van der Waals surface area (Å²) in [6, 6.07) is 3.99. The van der Waals surface area contributed by atoms with Gasteiger partial charge in [-0.25, -0.2) is 4.79 Å². The molecule has 1 aromatic heterocycles. The number of aryl methyl sites for hydroxylation is 1. The van der Waals surface area contributed by atoms with Crippen molar-refractivity contribution in [2.75, 3.05) is 5.32 Å². The van der Waals surface area contributed by atoms with E-state index in [0.29, 0.717) is 0 Å². The molecule has 106 valence electrons. The maximum Gasteiger partial charge on any atom is 0.471 e. The Morgan fingerprint density at radius 1 is 1.30 bits per heavy atom. The van der Waals surface area contributed by atoms with Gasteiger partial charge >= 0.3 is 18.1 Å². The van der Waals surface area contributed by atoms with Gasteiger partial charge in [0.05, 0.1) is 5.69 Å². The third-order valence-electron chi connectivity index (χ3n) is 2.65. The van der Waals surface area contributed by atoms with Gasteiger partial charge in [-0.2, -0.15) is 13.2 Å². The molecule has 0 radical (unpaired) electrons. The number of hydrogen-bond donors (Lipinski definition) is 2. The zero-order chi connectivity index (χ0) is 15.1. The molecular formula is C12H8F3NO4. The van der Waals surface area contributed by atoms with Crippen LogP contribution in [0.25, 0.3) is 11.0 Å². The van der Waals surface area contributed by atoms with Crippen molar-refractivity contribution in [1.82, 2.24) is 0 Å².